The average molecular weight is 362 g/mol. The number of pyridine rings is 1. The summed E-state index contributed by atoms with van der Waals surface area (Å²) in [6.45, 7) is 0. The van der Waals surface area contributed by atoms with Gasteiger partial charge in [-0.2, -0.15) is 0 Å². The molecule has 0 unspecified atom stereocenters. The van der Waals surface area contributed by atoms with Gasteiger partial charge < -0.3 is 4.84 Å². The summed E-state index contributed by atoms with van der Waals surface area (Å²) < 4.78 is 1.36. The second-order valence-corrected chi connectivity index (χ2v) is 6.36. The van der Waals surface area contributed by atoms with Crippen molar-refractivity contribution in [3.63, 3.8) is 0 Å². The fourth-order valence-electron chi connectivity index (χ4n) is 3.27. The van der Waals surface area contributed by atoms with Gasteiger partial charge in [-0.1, -0.05) is 72.3 Å². The van der Waals surface area contributed by atoms with Crippen molar-refractivity contribution in [3.8, 4) is 22.4 Å². The van der Waals surface area contributed by atoms with Crippen LogP contribution in [0.2, 0.25) is 5.02 Å². The van der Waals surface area contributed by atoms with Crippen molar-refractivity contribution in [1.82, 2.24) is 4.73 Å². The molecule has 0 aliphatic rings. The monoisotopic (exact) mass is 361 g/mol. The Balaban J connectivity index is 2.21. The van der Waals surface area contributed by atoms with Gasteiger partial charge in [-0.15, -0.1) is 4.73 Å². The topological polar surface area (TPSA) is 31.2 Å². The fourth-order valence-corrected chi connectivity index (χ4v) is 3.39. The summed E-state index contributed by atoms with van der Waals surface area (Å²) in [6, 6.07) is 25.0. The van der Waals surface area contributed by atoms with Crippen LogP contribution in [0.15, 0.2) is 83.7 Å². The Kier molecular flexibility index (Phi) is 4.23. The summed E-state index contributed by atoms with van der Waals surface area (Å²) in [7, 11) is 1.51. The van der Waals surface area contributed by atoms with E-state index in [1.165, 1.54) is 11.8 Å². The lowest BCUT2D eigenvalue weighted by Crippen LogP contribution is -2.27. The summed E-state index contributed by atoms with van der Waals surface area (Å²) >= 11 is 6.08. The quantitative estimate of drug-likeness (QED) is 0.511. The third kappa shape index (κ3) is 2.67. The van der Waals surface area contributed by atoms with Crippen LogP contribution in [0.1, 0.15) is 0 Å². The maximum Gasteiger partial charge on any atom is 0.291 e. The number of fused-ring (bicyclic) bond motifs is 1. The van der Waals surface area contributed by atoms with Gasteiger partial charge in [0.05, 0.1) is 11.1 Å². The number of rotatable bonds is 3. The van der Waals surface area contributed by atoms with E-state index in [9.17, 15) is 4.79 Å². The molecule has 0 fully saturated rings. The highest BCUT2D eigenvalue weighted by atomic mass is 35.5. The zero-order chi connectivity index (χ0) is 18.1. The van der Waals surface area contributed by atoms with Crippen molar-refractivity contribution in [1.29, 1.82) is 0 Å². The Morgan fingerprint density at radius 2 is 1.38 bits per heavy atom. The highest BCUT2D eigenvalue weighted by Crippen LogP contribution is 2.36. The fraction of sp³-hybridized carbons (Fsp3) is 0.0455. The molecule has 0 bridgehead atoms. The summed E-state index contributed by atoms with van der Waals surface area (Å²) in [5.74, 6) is 0. The number of halogens is 1. The molecule has 128 valence electrons. The first-order valence-corrected chi connectivity index (χ1v) is 8.62. The third-order valence-electron chi connectivity index (χ3n) is 4.41. The lowest BCUT2D eigenvalue weighted by atomic mass is 9.94. The van der Waals surface area contributed by atoms with Gasteiger partial charge in [-0.05, 0) is 29.1 Å². The minimum absolute atomic E-state index is 0.181. The Morgan fingerprint density at radius 1 is 0.769 bits per heavy atom. The standard InChI is InChI=1S/C22H16ClNO2/c1-26-24-21(16-7-3-2-4-8-16)20(15-11-13-17(23)14-12-15)18-9-5-6-10-19(18)22(24)25/h2-14H,1H3. The highest BCUT2D eigenvalue weighted by Gasteiger charge is 2.19. The molecule has 1 heterocycles. The van der Waals surface area contributed by atoms with Crippen LogP contribution in [0.5, 0.6) is 0 Å². The number of benzene rings is 3. The zero-order valence-electron chi connectivity index (χ0n) is 14.1. The van der Waals surface area contributed by atoms with E-state index in [0.717, 1.165) is 27.8 Å². The first-order valence-electron chi connectivity index (χ1n) is 8.24. The van der Waals surface area contributed by atoms with Gasteiger partial charge in [0.25, 0.3) is 5.56 Å². The predicted octanol–water partition coefficient (Wildman–Crippen LogP) is 5.05. The Bertz CT molecular complexity index is 1130. The van der Waals surface area contributed by atoms with Gasteiger partial charge in [0.1, 0.15) is 7.11 Å². The van der Waals surface area contributed by atoms with E-state index in [0.29, 0.717) is 10.4 Å². The normalized spacial score (nSPS) is 10.8. The molecule has 4 heteroatoms. The van der Waals surface area contributed by atoms with Crippen LogP contribution in [-0.4, -0.2) is 11.8 Å². The summed E-state index contributed by atoms with van der Waals surface area (Å²) in [6.07, 6.45) is 0. The molecule has 0 saturated carbocycles. The molecular formula is C22H16ClNO2. The Morgan fingerprint density at radius 3 is 2.04 bits per heavy atom. The molecule has 0 radical (unpaired) electrons. The van der Waals surface area contributed by atoms with Crippen LogP contribution in [0, 0.1) is 0 Å². The van der Waals surface area contributed by atoms with Gasteiger partial charge in [0.15, 0.2) is 0 Å². The van der Waals surface area contributed by atoms with Crippen LogP contribution in [0.25, 0.3) is 33.2 Å². The van der Waals surface area contributed by atoms with E-state index in [1.54, 1.807) is 0 Å². The molecule has 1 aromatic heterocycles. The van der Waals surface area contributed by atoms with Crippen molar-refractivity contribution in [3.05, 3.63) is 94.2 Å². The molecule has 26 heavy (non-hydrogen) atoms. The van der Waals surface area contributed by atoms with Gasteiger partial charge >= 0.3 is 0 Å². The first kappa shape index (κ1) is 16.4. The minimum atomic E-state index is -0.181. The smallest absolute Gasteiger partial charge is 0.291 e. The predicted molar refractivity (Wildman–Crippen MR) is 107 cm³/mol. The number of hydrogen-bond donors (Lipinski definition) is 0. The molecule has 4 aromatic rings. The second-order valence-electron chi connectivity index (χ2n) is 5.92. The summed E-state index contributed by atoms with van der Waals surface area (Å²) in [5, 5.41) is 2.16. The van der Waals surface area contributed by atoms with Gasteiger partial charge in [0, 0.05) is 16.1 Å². The average Bonchev–Trinajstić information content (AvgIpc) is 2.69. The van der Waals surface area contributed by atoms with E-state index in [-0.39, 0.29) is 5.56 Å². The van der Waals surface area contributed by atoms with Crippen molar-refractivity contribution < 1.29 is 4.84 Å². The largest absolute Gasteiger partial charge is 0.413 e. The highest BCUT2D eigenvalue weighted by molar-refractivity contribution is 6.30. The molecule has 4 rings (SSSR count). The van der Waals surface area contributed by atoms with Gasteiger partial charge in [-0.3, -0.25) is 4.79 Å². The van der Waals surface area contributed by atoms with Gasteiger partial charge in [-0.25, -0.2) is 0 Å². The van der Waals surface area contributed by atoms with Crippen LogP contribution in [0.3, 0.4) is 0 Å². The van der Waals surface area contributed by atoms with E-state index >= 15 is 0 Å². The van der Waals surface area contributed by atoms with Crippen molar-refractivity contribution in [2.45, 2.75) is 0 Å². The zero-order valence-corrected chi connectivity index (χ0v) is 14.9. The van der Waals surface area contributed by atoms with Crippen molar-refractivity contribution in [2.24, 2.45) is 0 Å². The Hall–Kier alpha value is -3.04. The number of aromatic nitrogens is 1. The molecular weight excluding hydrogens is 346 g/mol. The Labute approximate surface area is 156 Å². The van der Waals surface area contributed by atoms with Crippen LogP contribution in [-0.2, 0) is 0 Å². The third-order valence-corrected chi connectivity index (χ3v) is 4.67. The van der Waals surface area contributed by atoms with E-state index in [2.05, 4.69) is 0 Å². The van der Waals surface area contributed by atoms with E-state index < -0.39 is 0 Å². The van der Waals surface area contributed by atoms with Crippen molar-refractivity contribution >= 4 is 22.4 Å². The first-order chi connectivity index (χ1) is 12.7. The maximum atomic E-state index is 13.0. The van der Waals surface area contributed by atoms with Crippen molar-refractivity contribution in [2.75, 3.05) is 7.11 Å². The molecule has 0 aliphatic heterocycles. The SMILES string of the molecule is COn1c(-c2ccccc2)c(-c2ccc(Cl)cc2)c2ccccc2c1=O. The summed E-state index contributed by atoms with van der Waals surface area (Å²) in [4.78, 5) is 18.5. The molecule has 3 nitrogen and oxygen atoms in total. The van der Waals surface area contributed by atoms with Gasteiger partial charge in [0.2, 0.25) is 0 Å². The molecule has 0 amide bonds. The molecule has 0 spiro atoms. The number of hydrogen-bond acceptors (Lipinski definition) is 2. The van der Waals surface area contributed by atoms with Crippen LogP contribution >= 0.6 is 11.6 Å². The number of nitrogens with zero attached hydrogens (tertiary/aromatic N) is 1. The second kappa shape index (κ2) is 6.70. The molecule has 0 aliphatic carbocycles. The molecule has 3 aromatic carbocycles. The van der Waals surface area contributed by atoms with E-state index in [4.69, 9.17) is 16.4 Å². The lowest BCUT2D eigenvalue weighted by Gasteiger charge is -2.19. The maximum absolute atomic E-state index is 13.0. The molecule has 0 saturated heterocycles. The summed E-state index contributed by atoms with van der Waals surface area (Å²) in [5.41, 5.74) is 3.35. The molecule has 0 N–H and O–H groups in total. The van der Waals surface area contributed by atoms with E-state index in [1.807, 2.05) is 78.9 Å². The lowest BCUT2D eigenvalue weighted by molar-refractivity contribution is 0.163. The van der Waals surface area contributed by atoms with Crippen LogP contribution in [0.4, 0.5) is 0 Å². The minimum Gasteiger partial charge on any atom is -0.413 e. The van der Waals surface area contributed by atoms with Crippen LogP contribution < -0.4 is 10.4 Å². The molecule has 0 atom stereocenters.